The smallest absolute Gasteiger partial charge is 0.225 e. The molecular weight excluding hydrogens is 324 g/mol. The molecule has 4 nitrogen and oxygen atoms in total. The van der Waals surface area contributed by atoms with Crippen LogP contribution in [0.15, 0.2) is 24.3 Å². The quantitative estimate of drug-likeness (QED) is 0.825. The van der Waals surface area contributed by atoms with Crippen molar-refractivity contribution in [3.63, 3.8) is 0 Å². The maximum Gasteiger partial charge on any atom is 0.225 e. The summed E-state index contributed by atoms with van der Waals surface area (Å²) in [6.07, 6.45) is 8.52. The molecular formula is C22H32N2O2. The van der Waals surface area contributed by atoms with Crippen LogP contribution in [0.1, 0.15) is 50.5 Å². The van der Waals surface area contributed by atoms with Crippen LogP contribution in [0.2, 0.25) is 0 Å². The summed E-state index contributed by atoms with van der Waals surface area (Å²) in [6.45, 7) is 4.02. The van der Waals surface area contributed by atoms with E-state index in [1.165, 1.54) is 37.7 Å². The number of carbonyl (C=O) groups is 1. The summed E-state index contributed by atoms with van der Waals surface area (Å²) in [6, 6.07) is 8.95. The van der Waals surface area contributed by atoms with Gasteiger partial charge in [-0.1, -0.05) is 31.4 Å². The van der Waals surface area contributed by atoms with E-state index in [2.05, 4.69) is 28.0 Å². The minimum Gasteiger partial charge on any atom is -0.497 e. The van der Waals surface area contributed by atoms with Crippen molar-refractivity contribution in [1.29, 1.82) is 0 Å². The predicted molar refractivity (Wildman–Crippen MR) is 103 cm³/mol. The first-order chi connectivity index (χ1) is 12.7. The molecule has 3 fully saturated rings. The highest BCUT2D eigenvalue weighted by atomic mass is 16.5. The number of likely N-dealkylation sites (tertiary alicyclic amines) is 2. The number of ether oxygens (including phenoxy) is 1. The van der Waals surface area contributed by atoms with Crippen molar-refractivity contribution in [3.05, 3.63) is 29.8 Å². The van der Waals surface area contributed by atoms with E-state index in [1.807, 2.05) is 6.07 Å². The standard InChI is InChI=1S/C22H32N2O2/c1-26-20-11-6-7-17(13-20)14-23-12-5-4-10-19-15-24(16-21(19)23)22(25)18-8-2-3-9-18/h6-7,11,13,18-19,21H,2-5,8-10,12,14-16H2,1H3/t19-,21+/m0/s1. The fourth-order valence-corrected chi connectivity index (χ4v) is 5.25. The van der Waals surface area contributed by atoms with Crippen molar-refractivity contribution in [2.45, 2.75) is 57.5 Å². The summed E-state index contributed by atoms with van der Waals surface area (Å²) in [5.74, 6) is 2.33. The second-order valence-electron chi connectivity index (χ2n) is 8.37. The lowest BCUT2D eigenvalue weighted by Gasteiger charge is -2.30. The van der Waals surface area contributed by atoms with Crippen molar-refractivity contribution >= 4 is 5.91 Å². The zero-order valence-electron chi connectivity index (χ0n) is 16.0. The molecule has 1 aromatic rings. The van der Waals surface area contributed by atoms with Gasteiger partial charge in [0.15, 0.2) is 0 Å². The van der Waals surface area contributed by atoms with Crippen LogP contribution in [0.4, 0.5) is 0 Å². The molecule has 4 heteroatoms. The molecule has 0 N–H and O–H groups in total. The first-order valence-corrected chi connectivity index (χ1v) is 10.4. The Morgan fingerprint density at radius 3 is 2.73 bits per heavy atom. The van der Waals surface area contributed by atoms with Crippen molar-refractivity contribution < 1.29 is 9.53 Å². The highest BCUT2D eigenvalue weighted by Gasteiger charge is 2.41. The first kappa shape index (κ1) is 17.8. The minimum atomic E-state index is 0.309. The third-order valence-electron chi connectivity index (χ3n) is 6.68. The van der Waals surface area contributed by atoms with Gasteiger partial charge in [0.1, 0.15) is 5.75 Å². The lowest BCUT2D eigenvalue weighted by atomic mass is 9.98. The average Bonchev–Trinajstić information content (AvgIpc) is 3.31. The normalized spacial score (nSPS) is 27.3. The van der Waals surface area contributed by atoms with E-state index in [1.54, 1.807) is 7.11 Å². The lowest BCUT2D eigenvalue weighted by molar-refractivity contribution is -0.134. The molecule has 0 aromatic heterocycles. The molecule has 1 aliphatic carbocycles. The Balaban J connectivity index is 1.46. The third-order valence-corrected chi connectivity index (χ3v) is 6.68. The fourth-order valence-electron chi connectivity index (χ4n) is 5.25. The van der Waals surface area contributed by atoms with Crippen LogP contribution in [0.25, 0.3) is 0 Å². The van der Waals surface area contributed by atoms with Gasteiger partial charge in [0.05, 0.1) is 7.11 Å². The van der Waals surface area contributed by atoms with Gasteiger partial charge in [-0.2, -0.15) is 0 Å². The van der Waals surface area contributed by atoms with E-state index in [0.29, 0.717) is 23.8 Å². The van der Waals surface area contributed by atoms with Crippen LogP contribution in [-0.2, 0) is 11.3 Å². The molecule has 0 unspecified atom stereocenters. The number of methoxy groups -OCH3 is 1. The van der Waals surface area contributed by atoms with Crippen molar-refractivity contribution in [2.75, 3.05) is 26.7 Å². The van der Waals surface area contributed by atoms with Gasteiger partial charge in [0.2, 0.25) is 5.91 Å². The summed E-state index contributed by atoms with van der Waals surface area (Å²) < 4.78 is 5.39. The Bertz CT molecular complexity index is 626. The molecule has 0 spiro atoms. The second kappa shape index (κ2) is 7.99. The largest absolute Gasteiger partial charge is 0.497 e. The van der Waals surface area contributed by atoms with Gasteiger partial charge >= 0.3 is 0 Å². The Morgan fingerprint density at radius 2 is 1.92 bits per heavy atom. The van der Waals surface area contributed by atoms with Crippen LogP contribution >= 0.6 is 0 Å². The highest BCUT2D eigenvalue weighted by Crippen LogP contribution is 2.34. The molecule has 2 heterocycles. The summed E-state index contributed by atoms with van der Waals surface area (Å²) in [7, 11) is 1.73. The Kier molecular flexibility index (Phi) is 5.49. The van der Waals surface area contributed by atoms with Gasteiger partial charge in [-0.3, -0.25) is 9.69 Å². The molecule has 4 rings (SSSR count). The molecule has 2 aliphatic heterocycles. The van der Waals surface area contributed by atoms with E-state index in [0.717, 1.165) is 44.8 Å². The van der Waals surface area contributed by atoms with Gasteiger partial charge < -0.3 is 9.64 Å². The van der Waals surface area contributed by atoms with Crippen molar-refractivity contribution in [2.24, 2.45) is 11.8 Å². The van der Waals surface area contributed by atoms with Gasteiger partial charge in [-0.25, -0.2) is 0 Å². The topological polar surface area (TPSA) is 32.8 Å². The molecule has 2 atom stereocenters. The number of hydrogen-bond acceptors (Lipinski definition) is 3. The second-order valence-corrected chi connectivity index (χ2v) is 8.37. The molecule has 0 radical (unpaired) electrons. The van der Waals surface area contributed by atoms with E-state index in [4.69, 9.17) is 4.74 Å². The number of amides is 1. The van der Waals surface area contributed by atoms with Gasteiger partial charge in [-0.15, -0.1) is 0 Å². The van der Waals surface area contributed by atoms with Crippen molar-refractivity contribution in [1.82, 2.24) is 9.80 Å². The van der Waals surface area contributed by atoms with Crippen LogP contribution < -0.4 is 4.74 Å². The van der Waals surface area contributed by atoms with Gasteiger partial charge in [0.25, 0.3) is 0 Å². The summed E-state index contributed by atoms with van der Waals surface area (Å²) >= 11 is 0. The number of hydrogen-bond donors (Lipinski definition) is 0. The Labute approximate surface area is 157 Å². The van der Waals surface area contributed by atoms with E-state index in [-0.39, 0.29) is 0 Å². The Morgan fingerprint density at radius 1 is 1.12 bits per heavy atom. The van der Waals surface area contributed by atoms with Gasteiger partial charge in [-0.05, 0) is 55.8 Å². The molecule has 2 saturated heterocycles. The zero-order chi connectivity index (χ0) is 17.9. The highest BCUT2D eigenvalue weighted by molar-refractivity contribution is 5.79. The SMILES string of the molecule is COc1cccc(CN2CCCC[C@H]3CN(C(=O)C4CCCC4)C[C@H]32)c1. The molecule has 142 valence electrons. The van der Waals surface area contributed by atoms with Crippen LogP contribution in [-0.4, -0.2) is 48.5 Å². The first-order valence-electron chi connectivity index (χ1n) is 10.4. The number of benzene rings is 1. The van der Waals surface area contributed by atoms with Gasteiger partial charge in [0, 0.05) is 31.6 Å². The maximum atomic E-state index is 12.9. The number of nitrogens with zero attached hydrogens (tertiary/aromatic N) is 2. The predicted octanol–water partition coefficient (Wildman–Crippen LogP) is 3.70. The summed E-state index contributed by atoms with van der Waals surface area (Å²) in [5.41, 5.74) is 1.31. The zero-order valence-corrected chi connectivity index (χ0v) is 16.0. The molecule has 0 bridgehead atoms. The summed E-state index contributed by atoms with van der Waals surface area (Å²) in [4.78, 5) is 17.8. The van der Waals surface area contributed by atoms with Crippen molar-refractivity contribution in [3.8, 4) is 5.75 Å². The fraction of sp³-hybridized carbons (Fsp3) is 0.682. The minimum absolute atomic E-state index is 0.309. The third kappa shape index (κ3) is 3.75. The van der Waals surface area contributed by atoms with E-state index >= 15 is 0 Å². The monoisotopic (exact) mass is 356 g/mol. The summed E-state index contributed by atoms with van der Waals surface area (Å²) in [5, 5.41) is 0. The lowest BCUT2D eigenvalue weighted by Crippen LogP contribution is -2.41. The molecule has 1 aromatic carbocycles. The maximum absolute atomic E-state index is 12.9. The average molecular weight is 357 g/mol. The number of fused-ring (bicyclic) bond motifs is 1. The molecule has 26 heavy (non-hydrogen) atoms. The van der Waals surface area contributed by atoms with Crippen LogP contribution in [0, 0.1) is 11.8 Å². The van der Waals surface area contributed by atoms with E-state index < -0.39 is 0 Å². The van der Waals surface area contributed by atoms with Crippen LogP contribution in [0.5, 0.6) is 5.75 Å². The van der Waals surface area contributed by atoms with Crippen LogP contribution in [0.3, 0.4) is 0 Å². The molecule has 1 amide bonds. The van der Waals surface area contributed by atoms with E-state index in [9.17, 15) is 4.79 Å². The molecule has 1 saturated carbocycles. The number of carbonyl (C=O) groups excluding carboxylic acids is 1. The number of rotatable bonds is 4. The molecule has 3 aliphatic rings. The Hall–Kier alpha value is -1.55.